The Bertz CT molecular complexity index is 132. The zero-order valence-electron chi connectivity index (χ0n) is 9.51. The van der Waals surface area contributed by atoms with Crippen molar-refractivity contribution in [3.8, 4) is 0 Å². The smallest absolute Gasteiger partial charge is 0.154 e. The lowest BCUT2D eigenvalue weighted by molar-refractivity contribution is -0.119. The molecule has 1 unspecified atom stereocenters. The molecule has 0 aliphatic rings. The van der Waals surface area contributed by atoms with E-state index in [0.717, 1.165) is 0 Å². The van der Waals surface area contributed by atoms with Gasteiger partial charge < -0.3 is 29.5 Å². The molecule has 0 aliphatic heterocycles. The Morgan fingerprint density at radius 2 is 1.44 bits per heavy atom. The summed E-state index contributed by atoms with van der Waals surface area (Å²) in [4.78, 5) is 0. The Balaban J connectivity index is 3.02. The lowest BCUT2D eigenvalue weighted by atomic mass is 10.3. The molecule has 6 nitrogen and oxygen atoms in total. The number of hydrogen-bond donors (Lipinski definition) is 3. The SMILES string of the molecule is OCCCC(O)OCCOCCOCCO. The molecule has 6 heteroatoms. The number of hydrogen-bond acceptors (Lipinski definition) is 6. The maximum Gasteiger partial charge on any atom is 0.154 e. The molecule has 0 saturated heterocycles. The second-order valence-electron chi connectivity index (χ2n) is 3.14. The second-order valence-corrected chi connectivity index (χ2v) is 3.14. The van der Waals surface area contributed by atoms with E-state index in [-0.39, 0.29) is 13.2 Å². The van der Waals surface area contributed by atoms with Crippen molar-refractivity contribution in [3.05, 3.63) is 0 Å². The molecule has 98 valence electrons. The minimum atomic E-state index is -0.832. The Kier molecular flexibility index (Phi) is 12.6. The summed E-state index contributed by atoms with van der Waals surface area (Å²) in [7, 11) is 0. The van der Waals surface area contributed by atoms with Gasteiger partial charge in [-0.05, 0) is 6.42 Å². The summed E-state index contributed by atoms with van der Waals surface area (Å²) >= 11 is 0. The largest absolute Gasteiger partial charge is 0.396 e. The molecule has 0 amide bonds. The van der Waals surface area contributed by atoms with Gasteiger partial charge in [0.05, 0.1) is 39.6 Å². The highest BCUT2D eigenvalue weighted by atomic mass is 16.6. The van der Waals surface area contributed by atoms with Crippen molar-refractivity contribution in [1.29, 1.82) is 0 Å². The summed E-state index contributed by atoms with van der Waals surface area (Å²) in [6, 6.07) is 0. The standard InChI is InChI=1S/C10H22O6/c11-3-1-2-10(13)16-9-8-15-7-6-14-5-4-12/h10-13H,1-9H2. The summed E-state index contributed by atoms with van der Waals surface area (Å²) in [5.41, 5.74) is 0. The molecule has 1 atom stereocenters. The first kappa shape index (κ1) is 15.8. The molecule has 0 radical (unpaired) electrons. The van der Waals surface area contributed by atoms with E-state index in [4.69, 9.17) is 24.4 Å². The first-order valence-corrected chi connectivity index (χ1v) is 5.48. The van der Waals surface area contributed by atoms with Crippen LogP contribution in [0.5, 0.6) is 0 Å². The zero-order valence-corrected chi connectivity index (χ0v) is 9.51. The predicted octanol–water partition coefficient (Wildman–Crippen LogP) is -0.881. The molecule has 0 spiro atoms. The third-order valence-electron chi connectivity index (χ3n) is 1.75. The molecule has 0 aliphatic carbocycles. The van der Waals surface area contributed by atoms with Gasteiger partial charge in [-0.3, -0.25) is 0 Å². The molecule has 0 heterocycles. The zero-order chi connectivity index (χ0) is 12.1. The highest BCUT2D eigenvalue weighted by molar-refractivity contribution is 4.42. The van der Waals surface area contributed by atoms with Gasteiger partial charge in [0.1, 0.15) is 0 Å². The van der Waals surface area contributed by atoms with Crippen LogP contribution in [0.15, 0.2) is 0 Å². The number of ether oxygens (including phenoxy) is 3. The van der Waals surface area contributed by atoms with Gasteiger partial charge in [0.2, 0.25) is 0 Å². The van der Waals surface area contributed by atoms with Crippen LogP contribution >= 0.6 is 0 Å². The van der Waals surface area contributed by atoms with Crippen LogP contribution in [0.2, 0.25) is 0 Å². The van der Waals surface area contributed by atoms with E-state index in [1.807, 2.05) is 0 Å². The highest BCUT2D eigenvalue weighted by Crippen LogP contribution is 1.97. The fourth-order valence-corrected chi connectivity index (χ4v) is 0.979. The third-order valence-corrected chi connectivity index (χ3v) is 1.75. The van der Waals surface area contributed by atoms with Crippen molar-refractivity contribution < 1.29 is 29.5 Å². The Hall–Kier alpha value is -0.240. The lowest BCUT2D eigenvalue weighted by Crippen LogP contribution is -2.17. The molecule has 0 fully saturated rings. The minimum absolute atomic E-state index is 0.0140. The van der Waals surface area contributed by atoms with E-state index in [2.05, 4.69) is 0 Å². The highest BCUT2D eigenvalue weighted by Gasteiger charge is 2.02. The fraction of sp³-hybridized carbons (Fsp3) is 1.00. The monoisotopic (exact) mass is 238 g/mol. The number of aliphatic hydroxyl groups excluding tert-OH is 3. The molecular formula is C10H22O6. The van der Waals surface area contributed by atoms with E-state index in [0.29, 0.717) is 45.9 Å². The summed E-state index contributed by atoms with van der Waals surface area (Å²) in [6.45, 7) is 1.97. The molecule has 0 saturated carbocycles. The van der Waals surface area contributed by atoms with Gasteiger partial charge in [-0.15, -0.1) is 0 Å². The lowest BCUT2D eigenvalue weighted by Gasteiger charge is -2.11. The van der Waals surface area contributed by atoms with Crippen molar-refractivity contribution >= 4 is 0 Å². The Morgan fingerprint density at radius 3 is 2.06 bits per heavy atom. The molecule has 0 aromatic carbocycles. The summed E-state index contributed by atoms with van der Waals surface area (Å²) in [6.07, 6.45) is 0.119. The van der Waals surface area contributed by atoms with Gasteiger partial charge in [0.25, 0.3) is 0 Å². The normalized spacial score (nSPS) is 12.9. The van der Waals surface area contributed by atoms with Gasteiger partial charge >= 0.3 is 0 Å². The van der Waals surface area contributed by atoms with Crippen LogP contribution in [-0.4, -0.2) is 67.9 Å². The van der Waals surface area contributed by atoms with Crippen molar-refractivity contribution in [2.24, 2.45) is 0 Å². The first-order valence-electron chi connectivity index (χ1n) is 5.48. The molecule has 0 bridgehead atoms. The summed E-state index contributed by atoms with van der Waals surface area (Å²) in [5.74, 6) is 0. The van der Waals surface area contributed by atoms with Gasteiger partial charge in [-0.25, -0.2) is 0 Å². The molecule has 3 N–H and O–H groups in total. The number of rotatable bonds is 12. The van der Waals surface area contributed by atoms with Crippen molar-refractivity contribution in [2.75, 3.05) is 46.2 Å². The summed E-state index contributed by atoms with van der Waals surface area (Å²) < 4.78 is 15.1. The van der Waals surface area contributed by atoms with Crippen LogP contribution in [0, 0.1) is 0 Å². The molecule has 0 rings (SSSR count). The van der Waals surface area contributed by atoms with Crippen LogP contribution < -0.4 is 0 Å². The van der Waals surface area contributed by atoms with Crippen molar-refractivity contribution in [3.63, 3.8) is 0 Å². The van der Waals surface area contributed by atoms with Gasteiger partial charge in [0.15, 0.2) is 6.29 Å². The van der Waals surface area contributed by atoms with Crippen molar-refractivity contribution in [2.45, 2.75) is 19.1 Å². The third kappa shape index (κ3) is 11.8. The maximum absolute atomic E-state index is 9.21. The quantitative estimate of drug-likeness (QED) is 0.302. The molecule has 16 heavy (non-hydrogen) atoms. The molecule has 0 aromatic heterocycles. The number of aliphatic hydroxyl groups is 3. The first-order chi connectivity index (χ1) is 7.81. The fourth-order valence-electron chi connectivity index (χ4n) is 0.979. The van der Waals surface area contributed by atoms with E-state index in [1.165, 1.54) is 0 Å². The summed E-state index contributed by atoms with van der Waals surface area (Å²) in [5, 5.41) is 26.1. The Morgan fingerprint density at radius 1 is 0.812 bits per heavy atom. The predicted molar refractivity (Wildman–Crippen MR) is 57.0 cm³/mol. The average molecular weight is 238 g/mol. The Labute approximate surface area is 95.7 Å². The van der Waals surface area contributed by atoms with Crippen LogP contribution in [0.4, 0.5) is 0 Å². The minimum Gasteiger partial charge on any atom is -0.396 e. The van der Waals surface area contributed by atoms with Crippen LogP contribution in [0.1, 0.15) is 12.8 Å². The topological polar surface area (TPSA) is 88.4 Å². The van der Waals surface area contributed by atoms with Crippen molar-refractivity contribution in [1.82, 2.24) is 0 Å². The molecule has 0 aromatic rings. The maximum atomic E-state index is 9.21. The van der Waals surface area contributed by atoms with Gasteiger partial charge in [-0.2, -0.15) is 0 Å². The van der Waals surface area contributed by atoms with Crippen LogP contribution in [-0.2, 0) is 14.2 Å². The van der Waals surface area contributed by atoms with E-state index >= 15 is 0 Å². The van der Waals surface area contributed by atoms with Gasteiger partial charge in [0, 0.05) is 13.0 Å². The molecular weight excluding hydrogens is 216 g/mol. The van der Waals surface area contributed by atoms with Crippen LogP contribution in [0.3, 0.4) is 0 Å². The van der Waals surface area contributed by atoms with Gasteiger partial charge in [-0.1, -0.05) is 0 Å². The van der Waals surface area contributed by atoms with E-state index in [9.17, 15) is 5.11 Å². The average Bonchev–Trinajstić information content (AvgIpc) is 2.30. The second kappa shape index (κ2) is 12.8. The van der Waals surface area contributed by atoms with Crippen LogP contribution in [0.25, 0.3) is 0 Å². The van der Waals surface area contributed by atoms with E-state index in [1.54, 1.807) is 0 Å². The van der Waals surface area contributed by atoms with E-state index < -0.39 is 6.29 Å².